The van der Waals surface area contributed by atoms with E-state index in [1.165, 1.54) is 6.26 Å². The maximum absolute atomic E-state index is 14.1. The first kappa shape index (κ1) is 35.6. The van der Waals surface area contributed by atoms with Gasteiger partial charge < -0.3 is 24.0 Å². The third kappa shape index (κ3) is 7.34. The van der Waals surface area contributed by atoms with E-state index >= 15 is 0 Å². The maximum atomic E-state index is 14.1. The van der Waals surface area contributed by atoms with Crippen LogP contribution in [0, 0.1) is 5.92 Å². The Bertz CT molecular complexity index is 1770. The molecule has 0 saturated carbocycles. The number of anilines is 1. The number of nitrogens with zero attached hydrogens (tertiary/aromatic N) is 3. The molecule has 3 aliphatic rings. The molecule has 49 heavy (non-hydrogen) atoms. The highest BCUT2D eigenvalue weighted by Crippen LogP contribution is 2.48. The number of carbonyl (C=O) groups excluding carboxylic acids is 1. The van der Waals surface area contributed by atoms with Crippen LogP contribution in [0.1, 0.15) is 53.6 Å². The Labute approximate surface area is 300 Å². The van der Waals surface area contributed by atoms with Gasteiger partial charge in [0.1, 0.15) is 0 Å². The van der Waals surface area contributed by atoms with Crippen molar-refractivity contribution in [3.05, 3.63) is 81.3 Å². The van der Waals surface area contributed by atoms with E-state index in [-0.39, 0.29) is 17.4 Å². The Balaban J connectivity index is 1.14. The van der Waals surface area contributed by atoms with Crippen LogP contribution in [0.4, 0.5) is 5.69 Å². The molecular weight excluding hydrogens is 685 g/mol. The molecule has 3 aromatic carbocycles. The summed E-state index contributed by atoms with van der Waals surface area (Å²) in [7, 11) is 1.29. The number of halogens is 2. The molecule has 3 aromatic rings. The monoisotopic (exact) mass is 729 g/mol. The average Bonchev–Trinajstić information content (AvgIpc) is 3.43. The molecule has 264 valence electrons. The summed E-state index contributed by atoms with van der Waals surface area (Å²) in [6.07, 6.45) is 6.62. The number of hydrogen-bond acceptors (Lipinski definition) is 7. The van der Waals surface area contributed by atoms with Gasteiger partial charge in [0.2, 0.25) is 15.8 Å². The van der Waals surface area contributed by atoms with Gasteiger partial charge in [-0.2, -0.15) is 0 Å². The van der Waals surface area contributed by atoms with E-state index in [9.17, 15) is 13.2 Å². The number of ether oxygens (including phenoxy) is 3. The summed E-state index contributed by atoms with van der Waals surface area (Å²) in [6.45, 7) is 3.98. The zero-order chi connectivity index (χ0) is 34.9. The van der Waals surface area contributed by atoms with Gasteiger partial charge in [-0.05, 0) is 106 Å². The number of amides is 1. The minimum Gasteiger partial charge on any atom is -0.493 e. The molecule has 2 atom stereocenters. The Hall–Kier alpha value is -3.18. The highest BCUT2D eigenvalue weighted by atomic mass is 35.5. The van der Waals surface area contributed by atoms with Crippen molar-refractivity contribution in [2.24, 2.45) is 5.92 Å². The summed E-state index contributed by atoms with van der Waals surface area (Å²) in [5, 5.41) is 1.01. The number of para-hydroxylation sites is 1. The van der Waals surface area contributed by atoms with Crippen LogP contribution < -0.4 is 18.5 Å². The van der Waals surface area contributed by atoms with E-state index in [1.807, 2.05) is 41.3 Å². The molecule has 3 aliphatic heterocycles. The Morgan fingerprint density at radius 3 is 2.24 bits per heavy atom. The molecule has 12 heteroatoms. The molecule has 2 fully saturated rings. The van der Waals surface area contributed by atoms with Gasteiger partial charge in [0.05, 0.1) is 43.3 Å². The van der Waals surface area contributed by atoms with Gasteiger partial charge >= 0.3 is 0 Å². The van der Waals surface area contributed by atoms with Crippen molar-refractivity contribution in [3.8, 4) is 17.2 Å². The maximum Gasteiger partial charge on any atom is 0.254 e. The van der Waals surface area contributed by atoms with Gasteiger partial charge in [-0.3, -0.25) is 9.10 Å². The second kappa shape index (κ2) is 14.6. The molecule has 1 amide bonds. The van der Waals surface area contributed by atoms with Gasteiger partial charge in [-0.25, -0.2) is 8.42 Å². The first-order valence-corrected chi connectivity index (χ1v) is 19.4. The molecule has 6 rings (SSSR count). The smallest absolute Gasteiger partial charge is 0.254 e. The molecule has 2 saturated heterocycles. The Morgan fingerprint density at radius 1 is 0.918 bits per heavy atom. The largest absolute Gasteiger partial charge is 0.493 e. The predicted octanol–water partition coefficient (Wildman–Crippen LogP) is 6.69. The first-order valence-electron chi connectivity index (χ1n) is 16.8. The highest BCUT2D eigenvalue weighted by molar-refractivity contribution is 7.92. The molecule has 0 bridgehead atoms. The van der Waals surface area contributed by atoms with E-state index in [0.717, 1.165) is 68.6 Å². The fraction of sp³-hybridized carbons (Fsp3) is 0.486. The summed E-state index contributed by atoms with van der Waals surface area (Å²) < 4.78 is 43.4. The molecule has 9 nitrogen and oxygen atoms in total. The Morgan fingerprint density at radius 2 is 1.61 bits per heavy atom. The standard InChI is InChI=1S/C37H45Cl2N3O6S/c1-46-33-22-27(23-34(47-2)35(33)48-3)36(43)41-16-12-25(19-28(41)20-26-9-10-30(38)31(39)21-26)11-15-40-17-13-37(14-18-40)24-42(49(4,44)45)32-8-6-5-7-29(32)37/h5-10,21-23,25,28H,11-20,24H2,1-4H3/t25-,28+/m1/s1. The lowest BCUT2D eigenvalue weighted by Crippen LogP contribution is -2.48. The van der Waals surface area contributed by atoms with Gasteiger partial charge in [-0.15, -0.1) is 0 Å². The van der Waals surface area contributed by atoms with E-state index in [1.54, 1.807) is 37.8 Å². The molecule has 0 radical (unpaired) electrons. The highest BCUT2D eigenvalue weighted by Gasteiger charge is 2.47. The van der Waals surface area contributed by atoms with Crippen molar-refractivity contribution in [3.63, 3.8) is 0 Å². The number of sulfonamides is 1. The third-order valence-electron chi connectivity index (χ3n) is 10.7. The lowest BCUT2D eigenvalue weighted by molar-refractivity contribution is 0.0524. The summed E-state index contributed by atoms with van der Waals surface area (Å²) >= 11 is 12.6. The lowest BCUT2D eigenvalue weighted by atomic mass is 9.74. The van der Waals surface area contributed by atoms with Gasteiger partial charge in [-0.1, -0.05) is 47.5 Å². The first-order chi connectivity index (χ1) is 23.5. The minimum absolute atomic E-state index is 0.0378. The molecular formula is C37H45Cl2N3O6S. The van der Waals surface area contributed by atoms with Crippen LogP contribution in [0.15, 0.2) is 54.6 Å². The van der Waals surface area contributed by atoms with E-state index < -0.39 is 10.0 Å². The van der Waals surface area contributed by atoms with Crippen LogP contribution >= 0.6 is 23.2 Å². The molecule has 3 heterocycles. The minimum atomic E-state index is -3.34. The summed E-state index contributed by atoms with van der Waals surface area (Å²) in [5.41, 5.74) is 3.37. The fourth-order valence-corrected chi connectivity index (χ4v) is 9.36. The van der Waals surface area contributed by atoms with Crippen molar-refractivity contribution in [2.75, 3.05) is 64.6 Å². The second-order valence-electron chi connectivity index (χ2n) is 13.6. The molecule has 0 aliphatic carbocycles. The lowest BCUT2D eigenvalue weighted by Gasteiger charge is -2.42. The van der Waals surface area contributed by atoms with Gasteiger partial charge in [0.15, 0.2) is 11.5 Å². The van der Waals surface area contributed by atoms with Crippen molar-refractivity contribution in [2.45, 2.75) is 50.0 Å². The van der Waals surface area contributed by atoms with E-state index in [2.05, 4.69) is 11.0 Å². The normalized spacial score (nSPS) is 20.7. The van der Waals surface area contributed by atoms with Gasteiger partial charge in [0, 0.05) is 30.1 Å². The number of likely N-dealkylation sites (tertiary alicyclic amines) is 2. The number of methoxy groups -OCH3 is 3. The van der Waals surface area contributed by atoms with Crippen molar-refractivity contribution >= 4 is 44.8 Å². The van der Waals surface area contributed by atoms with Gasteiger partial charge in [0.25, 0.3) is 5.91 Å². The molecule has 0 unspecified atom stereocenters. The van der Waals surface area contributed by atoms with E-state index in [4.69, 9.17) is 37.4 Å². The zero-order valence-electron chi connectivity index (χ0n) is 28.6. The number of benzene rings is 3. The number of piperidine rings is 2. The number of fused-ring (bicyclic) bond motifs is 2. The zero-order valence-corrected chi connectivity index (χ0v) is 30.9. The third-order valence-corrected chi connectivity index (χ3v) is 12.6. The van der Waals surface area contributed by atoms with Crippen LogP contribution in [0.2, 0.25) is 10.0 Å². The summed E-state index contributed by atoms with van der Waals surface area (Å²) in [5.74, 6) is 1.69. The van der Waals surface area contributed by atoms with Crippen molar-refractivity contribution in [1.29, 1.82) is 0 Å². The molecule has 0 aromatic heterocycles. The van der Waals surface area contributed by atoms with Crippen LogP contribution in [0.25, 0.3) is 0 Å². The molecule has 1 spiro atoms. The number of carbonyl (C=O) groups is 1. The Kier molecular flexibility index (Phi) is 10.6. The summed E-state index contributed by atoms with van der Waals surface area (Å²) in [6, 6.07) is 17.1. The molecule has 0 N–H and O–H groups in total. The van der Waals surface area contributed by atoms with Crippen molar-refractivity contribution < 1.29 is 27.4 Å². The number of rotatable bonds is 10. The average molecular weight is 731 g/mol. The summed E-state index contributed by atoms with van der Waals surface area (Å²) in [4.78, 5) is 18.7. The van der Waals surface area contributed by atoms with Crippen LogP contribution in [0.5, 0.6) is 17.2 Å². The fourth-order valence-electron chi connectivity index (χ4n) is 8.04. The quantitative estimate of drug-likeness (QED) is 0.230. The van der Waals surface area contributed by atoms with Crippen LogP contribution in [-0.2, 0) is 21.9 Å². The topological polar surface area (TPSA) is 88.6 Å². The number of hydrogen-bond donors (Lipinski definition) is 0. The SMILES string of the molecule is COc1cc(C(=O)N2CC[C@@H](CCN3CCC4(CC3)CN(S(C)(=O)=O)c3ccccc34)C[C@H]2Cc2ccc(Cl)c(Cl)c2)cc(OC)c1OC. The van der Waals surface area contributed by atoms with Crippen molar-refractivity contribution in [1.82, 2.24) is 9.80 Å². The van der Waals surface area contributed by atoms with E-state index in [0.29, 0.717) is 58.3 Å². The van der Waals surface area contributed by atoms with Crippen LogP contribution in [0.3, 0.4) is 0 Å². The van der Waals surface area contributed by atoms with Crippen LogP contribution in [-0.4, -0.2) is 90.5 Å². The second-order valence-corrected chi connectivity index (χ2v) is 16.3. The predicted molar refractivity (Wildman–Crippen MR) is 194 cm³/mol.